The molecule has 1 aromatic rings. The first-order chi connectivity index (χ1) is 4.24. The van der Waals surface area contributed by atoms with E-state index in [1.807, 2.05) is 0 Å². The van der Waals surface area contributed by atoms with Gasteiger partial charge in [-0.15, -0.1) is 8.98 Å². The van der Waals surface area contributed by atoms with Crippen LogP contribution in [0.5, 0.6) is 0 Å². The van der Waals surface area contributed by atoms with Crippen molar-refractivity contribution in [3.63, 3.8) is 0 Å². The Labute approximate surface area is 62.8 Å². The fraction of sp³-hybridized carbons (Fsp3) is 0. The molecule has 0 saturated heterocycles. The van der Waals surface area contributed by atoms with Crippen molar-refractivity contribution >= 4 is 28.3 Å². The molecule has 6 heteroatoms. The molecule has 0 bridgehead atoms. The largest absolute Gasteiger partial charge is 0.247 e. The average Bonchev–Trinajstić information content (AvgIpc) is 2.13. The van der Waals surface area contributed by atoms with Crippen molar-refractivity contribution in [3.05, 3.63) is 16.6 Å². The molecule has 0 amide bonds. The number of hydrogen-bond acceptors (Lipinski definition) is 2. The predicted octanol–water partition coefficient (Wildman–Crippen LogP) is 2.17. The minimum absolute atomic E-state index is 0.160. The van der Waals surface area contributed by atoms with Crippen LogP contribution >= 0.6 is 28.3 Å². The molecule has 2 nitrogen and oxygen atoms in total. The van der Waals surface area contributed by atoms with Gasteiger partial charge in [-0.2, -0.15) is 8.48 Å². The summed E-state index contributed by atoms with van der Waals surface area (Å²) in [5, 5.41) is 3.12. The average molecular weight is 215 g/mol. The van der Waals surface area contributed by atoms with E-state index in [-0.39, 0.29) is 16.8 Å². The van der Waals surface area contributed by atoms with Gasteiger partial charge in [0.25, 0.3) is 0 Å². The lowest BCUT2D eigenvalue weighted by Gasteiger charge is -1.81. The highest BCUT2D eigenvalue weighted by molar-refractivity contribution is 9.10. The van der Waals surface area contributed by atoms with Gasteiger partial charge in [-0.05, 0) is 15.9 Å². The van der Waals surface area contributed by atoms with E-state index in [0.29, 0.717) is 0 Å². The fourth-order valence-corrected chi connectivity index (χ4v) is 1.01. The summed E-state index contributed by atoms with van der Waals surface area (Å²) in [6.45, 7) is 0. The topological polar surface area (TPSA) is 17.8 Å². The van der Waals surface area contributed by atoms with Gasteiger partial charge in [-0.3, -0.25) is 0 Å². The van der Waals surface area contributed by atoms with Gasteiger partial charge in [-0.1, -0.05) is 0 Å². The molecule has 0 fully saturated rings. The van der Waals surface area contributed by atoms with Crippen LogP contribution in [0.15, 0.2) is 10.7 Å². The summed E-state index contributed by atoms with van der Waals surface area (Å²) in [4.78, 5) is 0. The van der Waals surface area contributed by atoms with Crippen molar-refractivity contribution < 1.29 is 8.28 Å². The van der Waals surface area contributed by atoms with Crippen molar-refractivity contribution in [2.24, 2.45) is 0 Å². The Morgan fingerprint density at radius 2 is 2.44 bits per heavy atom. The number of halogens is 3. The summed E-state index contributed by atoms with van der Waals surface area (Å²) >= 11 is 2.66. The summed E-state index contributed by atoms with van der Waals surface area (Å²) in [6, 6.07) is 0. The zero-order valence-corrected chi connectivity index (χ0v) is 6.42. The Bertz CT molecular complexity index is 194. The molecule has 0 N–H and O–H groups in total. The van der Waals surface area contributed by atoms with Gasteiger partial charge in [0.2, 0.25) is 5.95 Å². The second kappa shape index (κ2) is 2.66. The third kappa shape index (κ3) is 1.42. The molecule has 0 unspecified atom stereocenters. The number of aromatic nitrogens is 2. The molecular weight excluding hydrogens is 214 g/mol. The Kier molecular flexibility index (Phi) is 2.07. The third-order valence-electron chi connectivity index (χ3n) is 0.678. The van der Waals surface area contributed by atoms with E-state index in [0.717, 1.165) is 4.09 Å². The van der Waals surface area contributed by atoms with E-state index in [1.165, 1.54) is 6.20 Å². The van der Waals surface area contributed by atoms with Gasteiger partial charge >= 0.3 is 0 Å². The van der Waals surface area contributed by atoms with Crippen LogP contribution in [-0.4, -0.2) is 9.19 Å². The third-order valence-corrected chi connectivity index (χ3v) is 1.54. The highest BCUT2D eigenvalue weighted by atomic mass is 79.9. The van der Waals surface area contributed by atoms with Crippen LogP contribution in [-0.2, 0) is 0 Å². The monoisotopic (exact) mass is 214 g/mol. The first kappa shape index (κ1) is 7.01. The van der Waals surface area contributed by atoms with Crippen molar-refractivity contribution in [1.82, 2.24) is 9.19 Å². The van der Waals surface area contributed by atoms with E-state index in [9.17, 15) is 8.28 Å². The molecule has 1 heterocycles. The molecule has 0 aliphatic carbocycles. The quantitative estimate of drug-likeness (QED) is 0.714. The first-order valence-corrected chi connectivity index (χ1v) is 3.40. The van der Waals surface area contributed by atoms with Crippen LogP contribution in [0.1, 0.15) is 0 Å². The highest BCUT2D eigenvalue weighted by Crippen LogP contribution is 2.16. The second-order valence-electron chi connectivity index (χ2n) is 1.24. The molecule has 0 spiro atoms. The van der Waals surface area contributed by atoms with Crippen LogP contribution in [0.3, 0.4) is 0 Å². The van der Waals surface area contributed by atoms with Crippen LogP contribution in [0.25, 0.3) is 0 Å². The van der Waals surface area contributed by atoms with Gasteiger partial charge in [0.05, 0.1) is 10.7 Å². The normalized spacial score (nSPS) is 10.1. The molecule has 0 aliphatic heterocycles. The van der Waals surface area contributed by atoms with Crippen LogP contribution < -0.4 is 0 Å². The minimum Gasteiger partial charge on any atom is -0.182 e. The lowest BCUT2D eigenvalue weighted by Crippen LogP contribution is -1.82. The molecule has 0 atom stereocenters. The number of hydrogen-bond donors (Lipinski definition) is 0. The van der Waals surface area contributed by atoms with Crippen LogP contribution in [0, 0.1) is 5.95 Å². The van der Waals surface area contributed by atoms with Gasteiger partial charge in [0.1, 0.15) is 0 Å². The Hall–Kier alpha value is -0.100. The molecule has 50 valence electrons. The molecular formula is C3HBrF2N2S. The lowest BCUT2D eigenvalue weighted by atomic mass is 10.7. The van der Waals surface area contributed by atoms with Crippen LogP contribution in [0.4, 0.5) is 8.28 Å². The molecule has 9 heavy (non-hydrogen) atoms. The Balaban J connectivity index is 2.98. The van der Waals surface area contributed by atoms with Crippen molar-refractivity contribution in [2.45, 2.75) is 0 Å². The van der Waals surface area contributed by atoms with Gasteiger partial charge < -0.3 is 0 Å². The highest BCUT2D eigenvalue weighted by Gasteiger charge is 2.03. The smallest absolute Gasteiger partial charge is 0.182 e. The zero-order valence-electron chi connectivity index (χ0n) is 4.01. The van der Waals surface area contributed by atoms with E-state index in [1.54, 1.807) is 0 Å². The van der Waals surface area contributed by atoms with E-state index >= 15 is 0 Å². The predicted molar refractivity (Wildman–Crippen MR) is 34.0 cm³/mol. The summed E-state index contributed by atoms with van der Waals surface area (Å²) in [7, 11) is 0. The maximum atomic E-state index is 12.2. The number of rotatable bonds is 1. The second-order valence-corrected chi connectivity index (χ2v) is 2.61. The first-order valence-electron chi connectivity index (χ1n) is 1.94. The Morgan fingerprint density at radius 1 is 1.78 bits per heavy atom. The van der Waals surface area contributed by atoms with Gasteiger partial charge in [-0.25, -0.2) is 0 Å². The van der Waals surface area contributed by atoms with Gasteiger partial charge in [0, 0.05) is 0 Å². The fourth-order valence-electron chi connectivity index (χ4n) is 0.349. The minimum atomic E-state index is -0.708. The van der Waals surface area contributed by atoms with Crippen molar-refractivity contribution in [1.29, 1.82) is 0 Å². The molecule has 1 rings (SSSR count). The summed E-state index contributed by atoms with van der Waals surface area (Å²) in [6.07, 6.45) is 1.19. The molecule has 0 aromatic carbocycles. The summed E-state index contributed by atoms with van der Waals surface area (Å²) < 4.78 is 24.7. The maximum absolute atomic E-state index is 12.2. The van der Waals surface area contributed by atoms with E-state index in [4.69, 9.17) is 0 Å². The SMILES string of the molecule is FSn1cc(Br)c(F)n1. The summed E-state index contributed by atoms with van der Waals surface area (Å²) in [5.74, 6) is -0.708. The van der Waals surface area contributed by atoms with Crippen molar-refractivity contribution in [2.75, 3.05) is 0 Å². The lowest BCUT2D eigenvalue weighted by molar-refractivity contribution is 0.568. The number of nitrogens with zero attached hydrogens (tertiary/aromatic N) is 2. The Morgan fingerprint density at radius 3 is 2.67 bits per heavy atom. The molecule has 0 radical (unpaired) electrons. The van der Waals surface area contributed by atoms with E-state index < -0.39 is 5.95 Å². The van der Waals surface area contributed by atoms with Crippen LogP contribution in [0.2, 0.25) is 0 Å². The molecule has 0 saturated carbocycles. The summed E-state index contributed by atoms with van der Waals surface area (Å²) in [5.41, 5.74) is 0. The molecule has 0 aliphatic rings. The maximum Gasteiger partial charge on any atom is 0.247 e. The molecule has 1 aromatic heterocycles. The van der Waals surface area contributed by atoms with Crippen molar-refractivity contribution in [3.8, 4) is 0 Å². The zero-order chi connectivity index (χ0) is 6.85. The van der Waals surface area contributed by atoms with E-state index in [2.05, 4.69) is 21.0 Å². The standard InChI is InChI=1S/C3HBrF2N2S/c4-2-1-8(9-6)7-3(2)5/h1H. The van der Waals surface area contributed by atoms with Gasteiger partial charge in [0.15, 0.2) is 12.3 Å².